The van der Waals surface area contributed by atoms with E-state index >= 15 is 0 Å². The van der Waals surface area contributed by atoms with Gasteiger partial charge in [-0.3, -0.25) is 4.79 Å². The maximum atomic E-state index is 12.5. The number of rotatable bonds is 58. The maximum absolute atomic E-state index is 12.5. The van der Waals surface area contributed by atoms with Crippen molar-refractivity contribution in [1.29, 1.82) is 0 Å². The summed E-state index contributed by atoms with van der Waals surface area (Å²) in [7, 11) is 0. The quantitative estimate of drug-likeness (QED) is 0.0533. The molecule has 0 bridgehead atoms. The fourth-order valence-electron chi connectivity index (χ4n) is 10.2. The van der Waals surface area contributed by atoms with Gasteiger partial charge in [0.05, 0.1) is 18.8 Å². The summed E-state index contributed by atoms with van der Waals surface area (Å²) in [6.07, 6.45) is 74.2. The van der Waals surface area contributed by atoms with E-state index in [1.807, 2.05) is 0 Å². The molecule has 0 saturated carbocycles. The lowest BCUT2D eigenvalue weighted by atomic mass is 10.0. The average Bonchev–Trinajstić information content (AvgIpc) is 3.31. The number of aliphatic hydroxyl groups is 2. The summed E-state index contributed by atoms with van der Waals surface area (Å²) in [5, 5.41) is 23.3. The standard InChI is InChI=1S/C61H123NO3/c1-3-5-7-9-11-13-15-17-19-21-22-23-24-25-26-27-28-29-30-31-32-33-34-35-36-37-38-39-40-41-43-45-47-49-51-53-55-57-61(65)62-59(58-63)60(64)56-54-52-50-48-46-44-42-20-18-16-14-12-10-8-6-4-2/h59-60,63-64H,3-58H2,1-2H3,(H,62,65). The van der Waals surface area contributed by atoms with Crippen LogP contribution >= 0.6 is 0 Å². The monoisotopic (exact) mass is 918 g/mol. The Balaban J connectivity index is 3.33. The molecule has 65 heavy (non-hydrogen) atoms. The fourth-order valence-corrected chi connectivity index (χ4v) is 10.2. The first-order chi connectivity index (χ1) is 32.2. The van der Waals surface area contributed by atoms with E-state index in [0.717, 1.165) is 25.7 Å². The molecule has 0 spiro atoms. The highest BCUT2D eigenvalue weighted by Crippen LogP contribution is 2.19. The predicted octanol–water partition coefficient (Wildman–Crippen LogP) is 20.3. The highest BCUT2D eigenvalue weighted by atomic mass is 16.3. The fraction of sp³-hybridized carbons (Fsp3) is 0.984. The molecule has 0 rings (SSSR count). The van der Waals surface area contributed by atoms with E-state index in [1.54, 1.807) is 0 Å². The summed E-state index contributed by atoms with van der Waals surface area (Å²) >= 11 is 0. The molecule has 390 valence electrons. The third-order valence-corrected chi connectivity index (χ3v) is 14.9. The zero-order valence-corrected chi connectivity index (χ0v) is 45.1. The average molecular weight is 919 g/mol. The Bertz CT molecular complexity index is 864. The first-order valence-electron chi connectivity index (χ1n) is 30.7. The van der Waals surface area contributed by atoms with Gasteiger partial charge in [-0.1, -0.05) is 348 Å². The molecule has 0 aliphatic heterocycles. The Morgan fingerprint density at radius 3 is 0.692 bits per heavy atom. The molecule has 0 aromatic rings. The molecule has 0 saturated heterocycles. The van der Waals surface area contributed by atoms with E-state index < -0.39 is 12.1 Å². The minimum atomic E-state index is -0.654. The highest BCUT2D eigenvalue weighted by molar-refractivity contribution is 5.76. The molecular weight excluding hydrogens is 795 g/mol. The molecule has 0 aliphatic rings. The van der Waals surface area contributed by atoms with Gasteiger partial charge >= 0.3 is 0 Å². The lowest BCUT2D eigenvalue weighted by Gasteiger charge is -2.22. The van der Waals surface area contributed by atoms with Crippen molar-refractivity contribution in [2.45, 2.75) is 379 Å². The van der Waals surface area contributed by atoms with Crippen LogP contribution in [0.25, 0.3) is 0 Å². The third kappa shape index (κ3) is 54.2. The molecule has 0 aromatic carbocycles. The normalized spacial score (nSPS) is 12.6. The van der Waals surface area contributed by atoms with Crippen molar-refractivity contribution >= 4 is 5.91 Å². The SMILES string of the molecule is CCCCCCCCCCCCCCCCCCCCCCCCCCCCCCCCCCCCCCCC(=O)NC(CO)C(O)CCCCCCCCCCCCCCCCCC. The van der Waals surface area contributed by atoms with Gasteiger partial charge in [-0.15, -0.1) is 0 Å². The molecule has 0 heterocycles. The van der Waals surface area contributed by atoms with Crippen LogP contribution in [0.4, 0.5) is 0 Å². The number of amides is 1. The third-order valence-electron chi connectivity index (χ3n) is 14.9. The molecule has 0 fully saturated rings. The van der Waals surface area contributed by atoms with Crippen LogP contribution in [0.2, 0.25) is 0 Å². The zero-order chi connectivity index (χ0) is 47.0. The van der Waals surface area contributed by atoms with Crippen LogP contribution in [-0.2, 0) is 4.79 Å². The van der Waals surface area contributed by atoms with Crippen LogP contribution in [0.3, 0.4) is 0 Å². The van der Waals surface area contributed by atoms with E-state index in [0.29, 0.717) is 12.8 Å². The van der Waals surface area contributed by atoms with Crippen molar-refractivity contribution in [3.8, 4) is 0 Å². The van der Waals surface area contributed by atoms with Crippen molar-refractivity contribution in [2.24, 2.45) is 0 Å². The van der Waals surface area contributed by atoms with Crippen molar-refractivity contribution in [3.63, 3.8) is 0 Å². The molecule has 1 amide bonds. The van der Waals surface area contributed by atoms with Crippen LogP contribution in [0.15, 0.2) is 0 Å². The topological polar surface area (TPSA) is 69.6 Å². The summed E-state index contributed by atoms with van der Waals surface area (Å²) in [5.74, 6) is -0.0219. The number of nitrogens with one attached hydrogen (secondary N) is 1. The van der Waals surface area contributed by atoms with Gasteiger partial charge < -0.3 is 15.5 Å². The second-order valence-corrected chi connectivity index (χ2v) is 21.5. The van der Waals surface area contributed by atoms with E-state index in [-0.39, 0.29) is 12.5 Å². The Morgan fingerprint density at radius 2 is 0.492 bits per heavy atom. The number of hydrogen-bond donors (Lipinski definition) is 3. The van der Waals surface area contributed by atoms with Crippen LogP contribution in [0, 0.1) is 0 Å². The predicted molar refractivity (Wildman–Crippen MR) is 290 cm³/mol. The summed E-state index contributed by atoms with van der Waals surface area (Å²) < 4.78 is 0. The van der Waals surface area contributed by atoms with Gasteiger partial charge in [0.2, 0.25) is 5.91 Å². The smallest absolute Gasteiger partial charge is 0.220 e. The molecule has 0 aliphatic carbocycles. The second-order valence-electron chi connectivity index (χ2n) is 21.5. The minimum absolute atomic E-state index is 0.0219. The molecule has 2 atom stereocenters. The summed E-state index contributed by atoms with van der Waals surface area (Å²) in [5.41, 5.74) is 0. The summed E-state index contributed by atoms with van der Waals surface area (Å²) in [6.45, 7) is 4.40. The molecule has 0 radical (unpaired) electrons. The molecule has 4 nitrogen and oxygen atoms in total. The van der Waals surface area contributed by atoms with E-state index in [2.05, 4.69) is 19.2 Å². The number of unbranched alkanes of at least 4 members (excludes halogenated alkanes) is 51. The number of hydrogen-bond acceptors (Lipinski definition) is 3. The van der Waals surface area contributed by atoms with Gasteiger partial charge in [0.25, 0.3) is 0 Å². The second kappa shape index (κ2) is 57.7. The van der Waals surface area contributed by atoms with Gasteiger partial charge in [-0.2, -0.15) is 0 Å². The van der Waals surface area contributed by atoms with E-state index in [1.165, 1.54) is 315 Å². The Hall–Kier alpha value is -0.610. The van der Waals surface area contributed by atoms with Crippen LogP contribution < -0.4 is 5.32 Å². The largest absolute Gasteiger partial charge is 0.394 e. The van der Waals surface area contributed by atoms with Gasteiger partial charge in [0.15, 0.2) is 0 Å². The van der Waals surface area contributed by atoms with Crippen molar-refractivity contribution in [2.75, 3.05) is 6.61 Å². The first-order valence-corrected chi connectivity index (χ1v) is 30.7. The first kappa shape index (κ1) is 64.4. The summed E-state index contributed by atoms with van der Waals surface area (Å²) in [4.78, 5) is 12.5. The maximum Gasteiger partial charge on any atom is 0.220 e. The molecule has 0 aromatic heterocycles. The number of aliphatic hydroxyl groups excluding tert-OH is 2. The van der Waals surface area contributed by atoms with Crippen LogP contribution in [-0.4, -0.2) is 34.9 Å². The lowest BCUT2D eigenvalue weighted by molar-refractivity contribution is -0.123. The van der Waals surface area contributed by atoms with E-state index in [4.69, 9.17) is 0 Å². The number of carbonyl (C=O) groups is 1. The van der Waals surface area contributed by atoms with Crippen LogP contribution in [0.5, 0.6) is 0 Å². The van der Waals surface area contributed by atoms with Crippen LogP contribution in [0.1, 0.15) is 367 Å². The van der Waals surface area contributed by atoms with Crippen molar-refractivity contribution < 1.29 is 15.0 Å². The Kier molecular flexibility index (Phi) is 57.2. The van der Waals surface area contributed by atoms with Gasteiger partial charge in [-0.05, 0) is 12.8 Å². The Labute approximate surface area is 410 Å². The summed E-state index contributed by atoms with van der Waals surface area (Å²) in [6, 6.07) is -0.531. The van der Waals surface area contributed by atoms with Gasteiger partial charge in [0, 0.05) is 6.42 Å². The lowest BCUT2D eigenvalue weighted by Crippen LogP contribution is -2.45. The Morgan fingerprint density at radius 1 is 0.308 bits per heavy atom. The molecule has 3 N–H and O–H groups in total. The van der Waals surface area contributed by atoms with Gasteiger partial charge in [-0.25, -0.2) is 0 Å². The zero-order valence-electron chi connectivity index (χ0n) is 45.1. The van der Waals surface area contributed by atoms with Crippen molar-refractivity contribution in [3.05, 3.63) is 0 Å². The molecule has 4 heteroatoms. The van der Waals surface area contributed by atoms with Gasteiger partial charge in [0.1, 0.15) is 0 Å². The minimum Gasteiger partial charge on any atom is -0.394 e. The highest BCUT2D eigenvalue weighted by Gasteiger charge is 2.20. The number of carbonyl (C=O) groups excluding carboxylic acids is 1. The molecule has 2 unspecified atom stereocenters. The molecular formula is C61H123NO3. The van der Waals surface area contributed by atoms with Crippen molar-refractivity contribution in [1.82, 2.24) is 5.32 Å². The van der Waals surface area contributed by atoms with E-state index in [9.17, 15) is 15.0 Å².